The Morgan fingerprint density at radius 1 is 1.41 bits per heavy atom. The fraction of sp³-hybridized carbons (Fsp3) is 0.550. The monoisotopic (exact) mass is 391 g/mol. The SMILES string of the molecule is Cc1ccc(CN2CCOC[C@]3(C[C@@H](CNc4ncccc4F)CO3)C2)s1. The first-order chi connectivity index (χ1) is 13.1. The van der Waals surface area contributed by atoms with Crippen molar-refractivity contribution in [2.75, 3.05) is 44.8 Å². The van der Waals surface area contributed by atoms with E-state index in [4.69, 9.17) is 9.47 Å². The maximum Gasteiger partial charge on any atom is 0.165 e. The van der Waals surface area contributed by atoms with E-state index in [1.165, 1.54) is 15.8 Å². The Morgan fingerprint density at radius 2 is 2.33 bits per heavy atom. The van der Waals surface area contributed by atoms with Crippen molar-refractivity contribution in [2.45, 2.75) is 25.5 Å². The van der Waals surface area contributed by atoms with Crippen molar-refractivity contribution < 1.29 is 13.9 Å². The molecular weight excluding hydrogens is 365 g/mol. The lowest BCUT2D eigenvalue weighted by Gasteiger charge is -2.31. The first-order valence-electron chi connectivity index (χ1n) is 9.46. The van der Waals surface area contributed by atoms with E-state index in [0.29, 0.717) is 31.5 Å². The van der Waals surface area contributed by atoms with Gasteiger partial charge in [-0.2, -0.15) is 0 Å². The van der Waals surface area contributed by atoms with E-state index in [0.717, 1.165) is 32.7 Å². The number of rotatable bonds is 5. The van der Waals surface area contributed by atoms with Gasteiger partial charge in [-0.25, -0.2) is 9.37 Å². The van der Waals surface area contributed by atoms with Crippen LogP contribution in [-0.2, 0) is 16.0 Å². The molecule has 7 heteroatoms. The van der Waals surface area contributed by atoms with Gasteiger partial charge >= 0.3 is 0 Å². The molecule has 5 nitrogen and oxygen atoms in total. The summed E-state index contributed by atoms with van der Waals surface area (Å²) < 4.78 is 25.9. The third-order valence-electron chi connectivity index (χ3n) is 5.21. The van der Waals surface area contributed by atoms with Crippen molar-refractivity contribution in [3.05, 3.63) is 46.0 Å². The van der Waals surface area contributed by atoms with E-state index in [1.807, 2.05) is 11.3 Å². The van der Waals surface area contributed by atoms with Gasteiger partial charge in [-0.15, -0.1) is 11.3 Å². The third kappa shape index (κ3) is 4.66. The Balaban J connectivity index is 1.35. The quantitative estimate of drug-likeness (QED) is 0.847. The van der Waals surface area contributed by atoms with Gasteiger partial charge in [0.2, 0.25) is 0 Å². The molecule has 0 saturated carbocycles. The molecular formula is C20H26FN3O2S. The van der Waals surface area contributed by atoms with Crippen molar-refractivity contribution >= 4 is 17.2 Å². The van der Waals surface area contributed by atoms with Crippen LogP contribution in [0.5, 0.6) is 0 Å². The summed E-state index contributed by atoms with van der Waals surface area (Å²) in [6, 6.07) is 7.41. The highest BCUT2D eigenvalue weighted by Crippen LogP contribution is 2.33. The fourth-order valence-electron chi connectivity index (χ4n) is 3.95. The lowest BCUT2D eigenvalue weighted by Crippen LogP contribution is -2.43. The number of hydrogen-bond donors (Lipinski definition) is 1. The second kappa shape index (κ2) is 8.22. The van der Waals surface area contributed by atoms with Crippen LogP contribution in [0.25, 0.3) is 0 Å². The molecule has 1 N–H and O–H groups in total. The highest BCUT2D eigenvalue weighted by Gasteiger charge is 2.43. The summed E-state index contributed by atoms with van der Waals surface area (Å²) in [5, 5.41) is 3.13. The van der Waals surface area contributed by atoms with Gasteiger partial charge in [0.1, 0.15) is 5.60 Å². The normalized spacial score (nSPS) is 26.4. The van der Waals surface area contributed by atoms with Crippen LogP contribution in [0.4, 0.5) is 10.2 Å². The summed E-state index contributed by atoms with van der Waals surface area (Å²) in [5.41, 5.74) is -0.266. The summed E-state index contributed by atoms with van der Waals surface area (Å²) in [5.74, 6) is 0.311. The van der Waals surface area contributed by atoms with E-state index in [1.54, 1.807) is 12.3 Å². The van der Waals surface area contributed by atoms with Crippen LogP contribution >= 0.6 is 11.3 Å². The fourth-order valence-corrected chi connectivity index (χ4v) is 4.88. The van der Waals surface area contributed by atoms with E-state index in [9.17, 15) is 4.39 Å². The summed E-state index contributed by atoms with van der Waals surface area (Å²) in [7, 11) is 0. The average molecular weight is 392 g/mol. The maximum atomic E-state index is 13.7. The van der Waals surface area contributed by atoms with Crippen molar-refractivity contribution in [1.29, 1.82) is 0 Å². The number of ether oxygens (including phenoxy) is 2. The van der Waals surface area contributed by atoms with Gasteiger partial charge in [-0.05, 0) is 37.6 Å². The third-order valence-corrected chi connectivity index (χ3v) is 6.19. The molecule has 2 aromatic heterocycles. The predicted octanol–water partition coefficient (Wildman–Crippen LogP) is 3.31. The van der Waals surface area contributed by atoms with E-state index in [-0.39, 0.29) is 11.4 Å². The Hall–Kier alpha value is -1.54. The number of thiophene rings is 1. The molecule has 0 unspecified atom stereocenters. The lowest BCUT2D eigenvalue weighted by molar-refractivity contribution is -0.0561. The zero-order valence-corrected chi connectivity index (χ0v) is 16.4. The zero-order valence-electron chi connectivity index (χ0n) is 15.6. The Labute approximate surface area is 163 Å². The van der Waals surface area contributed by atoms with Crippen LogP contribution in [0.1, 0.15) is 16.2 Å². The summed E-state index contributed by atoms with van der Waals surface area (Å²) in [6.07, 6.45) is 2.51. The van der Waals surface area contributed by atoms with Crippen LogP contribution in [0.15, 0.2) is 30.5 Å². The van der Waals surface area contributed by atoms with Gasteiger partial charge in [-0.1, -0.05) is 0 Å². The standard InChI is InChI=1S/C20H26FN3O2S/c1-15-4-5-17(27-15)11-24-7-8-25-14-20(13-24)9-16(12-26-20)10-23-19-18(21)3-2-6-22-19/h2-6,16H,7-14H2,1H3,(H,22,23)/t16-,20-/m0/s1. The average Bonchev–Trinajstić information content (AvgIpc) is 3.18. The number of anilines is 1. The molecule has 2 atom stereocenters. The molecule has 27 heavy (non-hydrogen) atoms. The molecule has 4 rings (SSSR count). The minimum atomic E-state index is -0.318. The van der Waals surface area contributed by atoms with Crippen molar-refractivity contribution in [3.63, 3.8) is 0 Å². The van der Waals surface area contributed by atoms with Gasteiger partial charge in [0.15, 0.2) is 11.6 Å². The molecule has 0 bridgehead atoms. The van der Waals surface area contributed by atoms with Gasteiger partial charge < -0.3 is 14.8 Å². The van der Waals surface area contributed by atoms with Gasteiger partial charge in [-0.3, -0.25) is 4.90 Å². The zero-order chi connectivity index (χ0) is 18.7. The number of halogens is 1. The van der Waals surface area contributed by atoms with E-state index >= 15 is 0 Å². The van der Waals surface area contributed by atoms with E-state index in [2.05, 4.69) is 34.3 Å². The molecule has 0 radical (unpaired) electrons. The van der Waals surface area contributed by atoms with Crippen molar-refractivity contribution in [2.24, 2.45) is 5.92 Å². The van der Waals surface area contributed by atoms with Crippen molar-refractivity contribution in [3.8, 4) is 0 Å². The molecule has 2 aliphatic heterocycles. The van der Waals surface area contributed by atoms with E-state index < -0.39 is 0 Å². The summed E-state index contributed by atoms with van der Waals surface area (Å²) >= 11 is 1.85. The highest BCUT2D eigenvalue weighted by molar-refractivity contribution is 7.11. The Morgan fingerprint density at radius 3 is 3.15 bits per heavy atom. The minimum absolute atomic E-state index is 0.266. The first-order valence-corrected chi connectivity index (χ1v) is 10.3. The predicted molar refractivity (Wildman–Crippen MR) is 105 cm³/mol. The molecule has 2 aliphatic rings. The second-order valence-electron chi connectivity index (χ2n) is 7.55. The lowest BCUT2D eigenvalue weighted by atomic mass is 9.94. The maximum absolute atomic E-state index is 13.7. The molecule has 0 aromatic carbocycles. The topological polar surface area (TPSA) is 46.6 Å². The molecule has 2 saturated heterocycles. The summed E-state index contributed by atoms with van der Waals surface area (Å²) in [6.45, 7) is 7.55. The van der Waals surface area contributed by atoms with Crippen LogP contribution in [0.2, 0.25) is 0 Å². The first kappa shape index (κ1) is 18.8. The number of aromatic nitrogens is 1. The van der Waals surface area contributed by atoms with Gasteiger partial charge in [0, 0.05) is 48.0 Å². The molecule has 4 heterocycles. The smallest absolute Gasteiger partial charge is 0.165 e. The van der Waals surface area contributed by atoms with Gasteiger partial charge in [0.25, 0.3) is 0 Å². The van der Waals surface area contributed by atoms with Crippen molar-refractivity contribution in [1.82, 2.24) is 9.88 Å². The number of hydrogen-bond acceptors (Lipinski definition) is 6. The molecule has 0 amide bonds. The Kier molecular flexibility index (Phi) is 5.73. The van der Waals surface area contributed by atoms with Crippen LogP contribution < -0.4 is 5.32 Å². The van der Waals surface area contributed by atoms with Crippen LogP contribution in [0.3, 0.4) is 0 Å². The molecule has 2 aromatic rings. The number of pyridine rings is 1. The summed E-state index contributed by atoms with van der Waals surface area (Å²) in [4.78, 5) is 9.22. The van der Waals surface area contributed by atoms with Crippen LogP contribution in [-0.4, -0.2) is 54.9 Å². The number of nitrogens with zero attached hydrogens (tertiary/aromatic N) is 2. The molecule has 0 aliphatic carbocycles. The van der Waals surface area contributed by atoms with Crippen LogP contribution in [0, 0.1) is 18.7 Å². The largest absolute Gasteiger partial charge is 0.377 e. The molecule has 146 valence electrons. The molecule has 1 spiro atoms. The number of aryl methyl sites for hydroxylation is 1. The number of nitrogens with one attached hydrogen (secondary N) is 1. The molecule has 2 fully saturated rings. The minimum Gasteiger partial charge on any atom is -0.377 e. The second-order valence-corrected chi connectivity index (χ2v) is 8.93. The highest BCUT2D eigenvalue weighted by atomic mass is 32.1. The Bertz CT molecular complexity index is 771. The van der Waals surface area contributed by atoms with Gasteiger partial charge in [0.05, 0.1) is 19.8 Å².